The summed E-state index contributed by atoms with van der Waals surface area (Å²) in [6.45, 7) is 0.194. The Balaban J connectivity index is 1.89. The molecule has 0 saturated heterocycles. The zero-order valence-electron chi connectivity index (χ0n) is 12.7. The van der Waals surface area contributed by atoms with Crippen molar-refractivity contribution in [2.75, 3.05) is 11.9 Å². The van der Waals surface area contributed by atoms with Crippen LogP contribution in [0.1, 0.15) is 10.4 Å². The van der Waals surface area contributed by atoms with E-state index in [1.165, 1.54) is 0 Å². The minimum absolute atomic E-state index is 0.0835. The number of carbonyl (C=O) groups excluding carboxylic acids is 1. The summed E-state index contributed by atoms with van der Waals surface area (Å²) in [5.74, 6) is 0.245. The fraction of sp³-hybridized carbons (Fsp3) is 0.118. The van der Waals surface area contributed by atoms with Gasteiger partial charge in [0.15, 0.2) is 0 Å². The van der Waals surface area contributed by atoms with Gasteiger partial charge in [-0.25, -0.2) is 4.68 Å². The summed E-state index contributed by atoms with van der Waals surface area (Å²) in [6.07, 6.45) is 3.11. The van der Waals surface area contributed by atoms with Crippen LogP contribution in [0.25, 0.3) is 11.3 Å². The molecular formula is C17H15ClN4O2. The maximum absolute atomic E-state index is 12.3. The van der Waals surface area contributed by atoms with Crippen LogP contribution in [0, 0.1) is 0 Å². The highest BCUT2D eigenvalue weighted by atomic mass is 35.5. The molecule has 3 aromatic rings. The lowest BCUT2D eigenvalue weighted by molar-refractivity contribution is 0.102. The highest BCUT2D eigenvalue weighted by Crippen LogP contribution is 2.24. The third kappa shape index (κ3) is 3.61. The number of aliphatic hydroxyl groups excluding tert-OH is 1. The van der Waals surface area contributed by atoms with E-state index in [2.05, 4.69) is 15.4 Å². The van der Waals surface area contributed by atoms with E-state index >= 15 is 0 Å². The number of amides is 1. The van der Waals surface area contributed by atoms with Crippen LogP contribution < -0.4 is 5.32 Å². The zero-order valence-corrected chi connectivity index (χ0v) is 13.4. The Bertz CT molecular complexity index is 832. The number of anilines is 1. The predicted molar refractivity (Wildman–Crippen MR) is 91.9 cm³/mol. The van der Waals surface area contributed by atoms with E-state index in [0.29, 0.717) is 22.1 Å². The van der Waals surface area contributed by atoms with Crippen LogP contribution >= 0.6 is 11.6 Å². The van der Waals surface area contributed by atoms with Crippen molar-refractivity contribution in [1.82, 2.24) is 14.8 Å². The quantitative estimate of drug-likeness (QED) is 0.747. The van der Waals surface area contributed by atoms with E-state index in [1.807, 2.05) is 12.1 Å². The van der Waals surface area contributed by atoms with Gasteiger partial charge in [0, 0.05) is 34.6 Å². The average Bonchev–Trinajstić information content (AvgIpc) is 2.99. The van der Waals surface area contributed by atoms with Crippen molar-refractivity contribution < 1.29 is 9.90 Å². The molecule has 0 bridgehead atoms. The van der Waals surface area contributed by atoms with Crippen LogP contribution in [0.2, 0.25) is 5.02 Å². The SMILES string of the molecule is O=C(Nc1cc(-c2ccc(Cl)cc2)nn1CCO)c1ccncc1. The topological polar surface area (TPSA) is 80.0 Å². The van der Waals surface area contributed by atoms with E-state index in [9.17, 15) is 9.90 Å². The smallest absolute Gasteiger partial charge is 0.256 e. The molecule has 6 nitrogen and oxygen atoms in total. The zero-order chi connectivity index (χ0) is 16.9. The van der Waals surface area contributed by atoms with Crippen LogP contribution in [0.15, 0.2) is 54.9 Å². The van der Waals surface area contributed by atoms with Gasteiger partial charge in [0.25, 0.3) is 5.91 Å². The van der Waals surface area contributed by atoms with Gasteiger partial charge >= 0.3 is 0 Å². The molecule has 0 spiro atoms. The van der Waals surface area contributed by atoms with Crippen LogP contribution in [0.3, 0.4) is 0 Å². The molecule has 2 N–H and O–H groups in total. The third-order valence-corrected chi connectivity index (χ3v) is 3.67. The Labute approximate surface area is 143 Å². The van der Waals surface area contributed by atoms with E-state index in [0.717, 1.165) is 5.56 Å². The first-order chi connectivity index (χ1) is 11.7. The molecule has 0 atom stereocenters. The number of hydrogen-bond donors (Lipinski definition) is 2. The van der Waals surface area contributed by atoms with Gasteiger partial charge < -0.3 is 10.4 Å². The Kier molecular flexibility index (Phi) is 4.88. The molecule has 1 amide bonds. The number of aromatic nitrogens is 3. The van der Waals surface area contributed by atoms with Crippen molar-refractivity contribution in [2.45, 2.75) is 6.54 Å². The third-order valence-electron chi connectivity index (χ3n) is 3.42. The molecule has 7 heteroatoms. The molecule has 2 aromatic heterocycles. The maximum atomic E-state index is 12.3. The molecule has 0 aliphatic heterocycles. The Morgan fingerprint density at radius 1 is 1.17 bits per heavy atom. The number of hydrogen-bond acceptors (Lipinski definition) is 4. The van der Waals surface area contributed by atoms with Crippen molar-refractivity contribution in [3.05, 3.63) is 65.4 Å². The summed E-state index contributed by atoms with van der Waals surface area (Å²) in [4.78, 5) is 16.2. The molecule has 0 aliphatic rings. The summed E-state index contributed by atoms with van der Waals surface area (Å²) in [6, 6.07) is 12.3. The molecule has 3 rings (SSSR count). The van der Waals surface area contributed by atoms with Gasteiger partial charge in [-0.05, 0) is 24.3 Å². The lowest BCUT2D eigenvalue weighted by atomic mass is 10.1. The van der Waals surface area contributed by atoms with E-state index in [-0.39, 0.29) is 19.1 Å². The van der Waals surface area contributed by atoms with E-state index < -0.39 is 0 Å². The van der Waals surface area contributed by atoms with Crippen molar-refractivity contribution in [2.24, 2.45) is 0 Å². The summed E-state index contributed by atoms with van der Waals surface area (Å²) < 4.78 is 1.56. The number of aliphatic hydroxyl groups is 1. The van der Waals surface area contributed by atoms with E-state index in [4.69, 9.17) is 11.6 Å². The van der Waals surface area contributed by atoms with Crippen molar-refractivity contribution in [3.63, 3.8) is 0 Å². The summed E-state index contributed by atoms with van der Waals surface area (Å²) >= 11 is 5.90. The lowest BCUT2D eigenvalue weighted by Crippen LogP contribution is -2.16. The first kappa shape index (κ1) is 16.2. The monoisotopic (exact) mass is 342 g/mol. The molecule has 0 unspecified atom stereocenters. The Morgan fingerprint density at radius 2 is 1.88 bits per heavy atom. The molecule has 122 valence electrons. The maximum Gasteiger partial charge on any atom is 0.256 e. The predicted octanol–water partition coefficient (Wildman–Crippen LogP) is 2.84. The molecule has 0 radical (unpaired) electrons. The summed E-state index contributed by atoms with van der Waals surface area (Å²) in [5.41, 5.74) is 2.05. The van der Waals surface area contributed by atoms with Gasteiger partial charge in [-0.2, -0.15) is 5.10 Å². The van der Waals surface area contributed by atoms with Crippen molar-refractivity contribution in [1.29, 1.82) is 0 Å². The first-order valence-electron chi connectivity index (χ1n) is 7.33. The van der Waals surface area contributed by atoms with Gasteiger partial charge in [0.2, 0.25) is 0 Å². The minimum atomic E-state index is -0.265. The van der Waals surface area contributed by atoms with Gasteiger partial charge in [-0.3, -0.25) is 9.78 Å². The largest absolute Gasteiger partial charge is 0.394 e. The fourth-order valence-corrected chi connectivity index (χ4v) is 2.36. The fourth-order valence-electron chi connectivity index (χ4n) is 2.24. The van der Waals surface area contributed by atoms with Gasteiger partial charge in [0.1, 0.15) is 5.82 Å². The number of pyridine rings is 1. The lowest BCUT2D eigenvalue weighted by Gasteiger charge is -2.07. The molecule has 24 heavy (non-hydrogen) atoms. The van der Waals surface area contributed by atoms with Crippen molar-refractivity contribution >= 4 is 23.3 Å². The number of nitrogens with zero attached hydrogens (tertiary/aromatic N) is 3. The first-order valence-corrected chi connectivity index (χ1v) is 7.71. The van der Waals surface area contributed by atoms with Gasteiger partial charge in [-0.15, -0.1) is 0 Å². The summed E-state index contributed by atoms with van der Waals surface area (Å²) in [5, 5.41) is 17.1. The number of carbonyl (C=O) groups is 1. The van der Waals surface area contributed by atoms with Crippen LogP contribution in [-0.4, -0.2) is 32.4 Å². The molecule has 1 aromatic carbocycles. The number of benzene rings is 1. The number of nitrogens with one attached hydrogen (secondary N) is 1. The van der Waals surface area contributed by atoms with Crippen molar-refractivity contribution in [3.8, 4) is 11.3 Å². The molecule has 2 heterocycles. The number of halogens is 1. The second kappa shape index (κ2) is 7.25. The second-order valence-electron chi connectivity index (χ2n) is 5.06. The normalized spacial score (nSPS) is 10.6. The van der Waals surface area contributed by atoms with Crippen LogP contribution in [-0.2, 0) is 6.54 Å². The standard InChI is InChI=1S/C17H15ClN4O2/c18-14-3-1-12(2-4-14)15-11-16(22(21-15)9-10-23)20-17(24)13-5-7-19-8-6-13/h1-8,11,23H,9-10H2,(H,20,24). The Hall–Kier alpha value is -2.70. The van der Waals surface area contributed by atoms with Crippen LogP contribution in [0.4, 0.5) is 5.82 Å². The molecule has 0 saturated carbocycles. The van der Waals surface area contributed by atoms with Crippen LogP contribution in [0.5, 0.6) is 0 Å². The number of rotatable bonds is 5. The average molecular weight is 343 g/mol. The molecule has 0 fully saturated rings. The highest BCUT2D eigenvalue weighted by molar-refractivity contribution is 6.30. The molecular weight excluding hydrogens is 328 g/mol. The Morgan fingerprint density at radius 3 is 2.54 bits per heavy atom. The highest BCUT2D eigenvalue weighted by Gasteiger charge is 2.13. The molecule has 0 aliphatic carbocycles. The second-order valence-corrected chi connectivity index (χ2v) is 5.49. The summed E-state index contributed by atoms with van der Waals surface area (Å²) in [7, 11) is 0. The van der Waals surface area contributed by atoms with Gasteiger partial charge in [0.05, 0.1) is 18.8 Å². The van der Waals surface area contributed by atoms with E-state index in [1.54, 1.807) is 47.4 Å². The minimum Gasteiger partial charge on any atom is -0.394 e. The van der Waals surface area contributed by atoms with Gasteiger partial charge in [-0.1, -0.05) is 23.7 Å².